The molecule has 4 nitrogen and oxygen atoms in total. The van der Waals surface area contributed by atoms with E-state index in [0.29, 0.717) is 5.69 Å². The van der Waals surface area contributed by atoms with Crippen LogP contribution in [0.25, 0.3) is 22.5 Å². The van der Waals surface area contributed by atoms with Crippen molar-refractivity contribution >= 4 is 12.4 Å². The molecule has 0 atom stereocenters. The zero-order valence-electron chi connectivity index (χ0n) is 12.4. The zero-order chi connectivity index (χ0) is 15.4. The van der Waals surface area contributed by atoms with E-state index < -0.39 is 0 Å². The summed E-state index contributed by atoms with van der Waals surface area (Å²) in [6.07, 6.45) is 0. The van der Waals surface area contributed by atoms with Gasteiger partial charge in [-0.1, -0.05) is 60.7 Å². The Morgan fingerprint density at radius 1 is 0.913 bits per heavy atom. The molecule has 0 radical (unpaired) electrons. The number of aromatic nitrogens is 2. The van der Waals surface area contributed by atoms with Crippen molar-refractivity contribution in [3.63, 3.8) is 0 Å². The zero-order valence-corrected chi connectivity index (χ0v) is 13.2. The Bertz CT molecular complexity index is 817. The van der Waals surface area contributed by atoms with Gasteiger partial charge in [-0.15, -0.1) is 12.4 Å². The van der Waals surface area contributed by atoms with Gasteiger partial charge in [-0.3, -0.25) is 4.57 Å². The number of halogens is 1. The second-order valence-electron chi connectivity index (χ2n) is 4.92. The van der Waals surface area contributed by atoms with Crippen LogP contribution in [0, 0.1) is 0 Å². The minimum absolute atomic E-state index is 0. The molecule has 0 fully saturated rings. The highest BCUT2D eigenvalue weighted by atomic mass is 35.5. The van der Waals surface area contributed by atoms with Crippen LogP contribution >= 0.6 is 12.4 Å². The quantitative estimate of drug-likeness (QED) is 0.801. The summed E-state index contributed by atoms with van der Waals surface area (Å²) in [4.78, 5) is 16.5. The molecule has 23 heavy (non-hydrogen) atoms. The number of benzene rings is 2. The molecule has 0 spiro atoms. The fraction of sp³-hybridized carbons (Fsp3) is 0.111. The lowest BCUT2D eigenvalue weighted by Gasteiger charge is -2.13. The summed E-state index contributed by atoms with van der Waals surface area (Å²) in [6, 6.07) is 21.1. The van der Waals surface area contributed by atoms with E-state index in [2.05, 4.69) is 4.98 Å². The van der Waals surface area contributed by atoms with Crippen LogP contribution in [0.2, 0.25) is 0 Å². The average molecular weight is 329 g/mol. The second kappa shape index (κ2) is 7.72. The molecule has 0 aliphatic heterocycles. The molecule has 2 aromatic carbocycles. The SMILES string of the molecule is Cl.O=c1nc(-c2ccccc2)cc(-c2ccccc2)n1CCO. The van der Waals surface area contributed by atoms with Gasteiger partial charge in [0.05, 0.1) is 24.5 Å². The van der Waals surface area contributed by atoms with E-state index in [0.717, 1.165) is 16.8 Å². The van der Waals surface area contributed by atoms with Gasteiger partial charge in [0, 0.05) is 5.56 Å². The molecule has 3 aromatic rings. The monoisotopic (exact) mass is 328 g/mol. The van der Waals surface area contributed by atoms with Crippen LogP contribution < -0.4 is 5.69 Å². The number of aliphatic hydroxyl groups is 1. The minimum Gasteiger partial charge on any atom is -0.395 e. The number of hydrogen-bond acceptors (Lipinski definition) is 3. The van der Waals surface area contributed by atoms with Gasteiger partial charge in [0.1, 0.15) is 0 Å². The van der Waals surface area contributed by atoms with E-state index in [1.165, 1.54) is 4.57 Å². The van der Waals surface area contributed by atoms with Crippen LogP contribution in [0.1, 0.15) is 0 Å². The average Bonchev–Trinajstić information content (AvgIpc) is 2.58. The topological polar surface area (TPSA) is 55.1 Å². The smallest absolute Gasteiger partial charge is 0.348 e. The third-order valence-corrected chi connectivity index (χ3v) is 3.47. The number of rotatable bonds is 4. The van der Waals surface area contributed by atoms with Gasteiger partial charge in [-0.2, -0.15) is 4.98 Å². The highest BCUT2D eigenvalue weighted by Gasteiger charge is 2.11. The molecule has 118 valence electrons. The molecule has 0 saturated heterocycles. The first-order chi connectivity index (χ1) is 10.8. The van der Waals surface area contributed by atoms with Crippen molar-refractivity contribution in [2.75, 3.05) is 6.61 Å². The predicted molar refractivity (Wildman–Crippen MR) is 93.7 cm³/mol. The summed E-state index contributed by atoms with van der Waals surface area (Å²) in [7, 11) is 0. The maximum absolute atomic E-state index is 12.3. The second-order valence-corrected chi connectivity index (χ2v) is 4.92. The van der Waals surface area contributed by atoms with Crippen LogP contribution in [0.5, 0.6) is 0 Å². The van der Waals surface area contributed by atoms with Crippen molar-refractivity contribution < 1.29 is 5.11 Å². The lowest BCUT2D eigenvalue weighted by atomic mass is 10.1. The maximum atomic E-state index is 12.3. The van der Waals surface area contributed by atoms with E-state index in [4.69, 9.17) is 0 Å². The number of hydrogen-bond donors (Lipinski definition) is 1. The van der Waals surface area contributed by atoms with E-state index in [-0.39, 0.29) is 31.2 Å². The van der Waals surface area contributed by atoms with Gasteiger partial charge in [0.25, 0.3) is 0 Å². The van der Waals surface area contributed by atoms with E-state index in [1.807, 2.05) is 66.7 Å². The van der Waals surface area contributed by atoms with Gasteiger partial charge < -0.3 is 5.11 Å². The Kier molecular flexibility index (Phi) is 5.68. The van der Waals surface area contributed by atoms with Crippen LogP contribution in [0.3, 0.4) is 0 Å². The Morgan fingerprint density at radius 3 is 2.04 bits per heavy atom. The van der Waals surface area contributed by atoms with Gasteiger partial charge in [0.15, 0.2) is 0 Å². The van der Waals surface area contributed by atoms with Crippen LogP contribution in [0.15, 0.2) is 71.5 Å². The third-order valence-electron chi connectivity index (χ3n) is 3.47. The van der Waals surface area contributed by atoms with E-state index in [1.54, 1.807) is 0 Å². The lowest BCUT2D eigenvalue weighted by Crippen LogP contribution is -2.26. The highest BCUT2D eigenvalue weighted by molar-refractivity contribution is 5.85. The summed E-state index contributed by atoms with van der Waals surface area (Å²) in [5, 5.41) is 9.21. The third kappa shape index (κ3) is 3.67. The highest BCUT2D eigenvalue weighted by Crippen LogP contribution is 2.23. The molecule has 3 rings (SSSR count). The molecule has 1 aromatic heterocycles. The first kappa shape index (κ1) is 16.9. The van der Waals surface area contributed by atoms with Crippen LogP contribution in [-0.2, 0) is 6.54 Å². The number of nitrogens with zero attached hydrogens (tertiary/aromatic N) is 2. The minimum atomic E-state index is -0.353. The number of aliphatic hydroxyl groups excluding tert-OH is 1. The van der Waals surface area contributed by atoms with Crippen molar-refractivity contribution in [1.82, 2.24) is 9.55 Å². The van der Waals surface area contributed by atoms with Gasteiger partial charge in [-0.25, -0.2) is 4.79 Å². The van der Waals surface area contributed by atoms with Gasteiger partial charge in [0.2, 0.25) is 0 Å². The molecule has 0 amide bonds. The summed E-state index contributed by atoms with van der Waals surface area (Å²) >= 11 is 0. The summed E-state index contributed by atoms with van der Waals surface area (Å²) in [5.74, 6) is 0. The maximum Gasteiger partial charge on any atom is 0.348 e. The van der Waals surface area contributed by atoms with Crippen molar-refractivity contribution in [3.8, 4) is 22.5 Å². The van der Waals surface area contributed by atoms with Crippen molar-refractivity contribution in [2.24, 2.45) is 0 Å². The van der Waals surface area contributed by atoms with Gasteiger partial charge >= 0.3 is 5.69 Å². The Morgan fingerprint density at radius 2 is 1.48 bits per heavy atom. The summed E-state index contributed by atoms with van der Waals surface area (Å²) in [5.41, 5.74) is 2.86. The largest absolute Gasteiger partial charge is 0.395 e. The van der Waals surface area contributed by atoms with E-state index in [9.17, 15) is 9.90 Å². The molecular formula is C18H17ClN2O2. The first-order valence-corrected chi connectivity index (χ1v) is 7.13. The van der Waals surface area contributed by atoms with Crippen molar-refractivity contribution in [1.29, 1.82) is 0 Å². The molecule has 0 unspecified atom stereocenters. The Hall–Kier alpha value is -2.43. The Balaban J connectivity index is 0.00000192. The molecular weight excluding hydrogens is 312 g/mol. The standard InChI is InChI=1S/C18H16N2O2.ClH/c21-12-11-20-17(15-9-5-2-6-10-15)13-16(19-18(20)22)14-7-3-1-4-8-14;/h1-10,13,21H,11-12H2;1H. The molecule has 0 aliphatic rings. The molecule has 0 saturated carbocycles. The first-order valence-electron chi connectivity index (χ1n) is 7.13. The molecule has 0 aliphatic carbocycles. The van der Waals surface area contributed by atoms with Gasteiger partial charge in [-0.05, 0) is 11.6 Å². The molecule has 5 heteroatoms. The van der Waals surface area contributed by atoms with Crippen LogP contribution in [0.4, 0.5) is 0 Å². The fourth-order valence-corrected chi connectivity index (χ4v) is 2.43. The summed E-state index contributed by atoms with van der Waals surface area (Å²) in [6.45, 7) is 0.122. The normalized spacial score (nSPS) is 10.1. The predicted octanol–water partition coefficient (Wildman–Crippen LogP) is 2.99. The Labute approximate surface area is 140 Å². The lowest BCUT2D eigenvalue weighted by molar-refractivity contribution is 0.274. The fourth-order valence-electron chi connectivity index (χ4n) is 2.43. The summed E-state index contributed by atoms with van der Waals surface area (Å²) < 4.78 is 1.50. The van der Waals surface area contributed by atoms with Crippen LogP contribution in [-0.4, -0.2) is 21.3 Å². The molecule has 0 bridgehead atoms. The molecule has 1 heterocycles. The van der Waals surface area contributed by atoms with Crippen molar-refractivity contribution in [3.05, 3.63) is 77.2 Å². The van der Waals surface area contributed by atoms with E-state index >= 15 is 0 Å². The van der Waals surface area contributed by atoms with Crippen molar-refractivity contribution in [2.45, 2.75) is 6.54 Å². The molecule has 1 N–H and O–H groups in total.